The van der Waals surface area contributed by atoms with E-state index in [0.717, 1.165) is 29.7 Å². The fourth-order valence-electron chi connectivity index (χ4n) is 3.51. The molecular formula is C25H39N3O4. The second-order valence-electron chi connectivity index (χ2n) is 9.73. The molecule has 0 atom stereocenters. The Kier molecular flexibility index (Phi) is 8.21. The molecule has 0 spiro atoms. The zero-order chi connectivity index (χ0) is 24.1. The second kappa shape index (κ2) is 10.3. The first-order valence-electron chi connectivity index (χ1n) is 11.4. The minimum Gasteiger partial charge on any atom is -0.459 e. The van der Waals surface area contributed by atoms with Crippen molar-refractivity contribution < 1.29 is 19.1 Å². The maximum atomic E-state index is 12.3. The lowest BCUT2D eigenvalue weighted by molar-refractivity contribution is -0.155. The Hall–Kier alpha value is -2.70. The van der Waals surface area contributed by atoms with E-state index in [1.807, 2.05) is 78.3 Å². The van der Waals surface area contributed by atoms with E-state index in [1.165, 1.54) is 0 Å². The van der Waals surface area contributed by atoms with Gasteiger partial charge in [0.25, 0.3) is 0 Å². The average Bonchev–Trinajstić information content (AvgIpc) is 3.09. The van der Waals surface area contributed by atoms with Crippen molar-refractivity contribution in [3.05, 3.63) is 30.5 Å². The predicted molar refractivity (Wildman–Crippen MR) is 129 cm³/mol. The zero-order valence-electron chi connectivity index (χ0n) is 20.9. The number of rotatable bonds is 3. The van der Waals surface area contributed by atoms with Crippen molar-refractivity contribution in [3.63, 3.8) is 0 Å². The van der Waals surface area contributed by atoms with E-state index >= 15 is 0 Å². The van der Waals surface area contributed by atoms with Crippen LogP contribution in [0.4, 0.5) is 10.5 Å². The third kappa shape index (κ3) is 7.18. The Balaban J connectivity index is 0.00000176. The zero-order valence-corrected chi connectivity index (χ0v) is 20.9. The summed E-state index contributed by atoms with van der Waals surface area (Å²) in [5.74, 6) is -0.248. The number of anilines is 1. The Morgan fingerprint density at radius 3 is 2.03 bits per heavy atom. The monoisotopic (exact) mass is 445 g/mol. The predicted octanol–water partition coefficient (Wildman–Crippen LogP) is 5.07. The SMILES string of the molecule is CC.CC(C)(C)OC(=O)Cn1ccc2cc(N3CCN(C(=O)OC(C)(C)C)CC3)ccc21. The van der Waals surface area contributed by atoms with Crippen LogP contribution in [0.2, 0.25) is 0 Å². The number of esters is 1. The topological polar surface area (TPSA) is 64.0 Å². The first kappa shape index (κ1) is 25.6. The molecule has 0 aliphatic carbocycles. The van der Waals surface area contributed by atoms with Gasteiger partial charge in [0.1, 0.15) is 17.7 Å². The van der Waals surface area contributed by atoms with E-state index in [2.05, 4.69) is 17.0 Å². The van der Waals surface area contributed by atoms with Gasteiger partial charge in [0.2, 0.25) is 0 Å². The van der Waals surface area contributed by atoms with Crippen molar-refractivity contribution in [3.8, 4) is 0 Å². The summed E-state index contributed by atoms with van der Waals surface area (Å²) in [7, 11) is 0. The summed E-state index contributed by atoms with van der Waals surface area (Å²) in [6.45, 7) is 18.2. The van der Waals surface area contributed by atoms with Gasteiger partial charge in [-0.3, -0.25) is 4.79 Å². The third-order valence-corrected chi connectivity index (χ3v) is 4.77. The van der Waals surface area contributed by atoms with Gasteiger partial charge in [-0.1, -0.05) is 13.8 Å². The molecule has 0 N–H and O–H groups in total. The fourth-order valence-corrected chi connectivity index (χ4v) is 3.51. The quantitative estimate of drug-likeness (QED) is 0.618. The van der Waals surface area contributed by atoms with E-state index in [4.69, 9.17) is 9.47 Å². The smallest absolute Gasteiger partial charge is 0.410 e. The number of nitrogens with zero attached hydrogens (tertiary/aromatic N) is 3. The molecule has 1 fully saturated rings. The number of hydrogen-bond acceptors (Lipinski definition) is 5. The van der Waals surface area contributed by atoms with Crippen LogP contribution < -0.4 is 4.90 Å². The summed E-state index contributed by atoms with van der Waals surface area (Å²) < 4.78 is 12.8. The highest BCUT2D eigenvalue weighted by atomic mass is 16.6. The van der Waals surface area contributed by atoms with Crippen molar-refractivity contribution >= 4 is 28.7 Å². The molecule has 1 aliphatic heterocycles. The molecule has 1 aromatic carbocycles. The summed E-state index contributed by atoms with van der Waals surface area (Å²) in [6.07, 6.45) is 1.66. The molecule has 2 aromatic rings. The molecule has 178 valence electrons. The van der Waals surface area contributed by atoms with Gasteiger partial charge in [0.05, 0.1) is 0 Å². The van der Waals surface area contributed by atoms with Gasteiger partial charge in [0.15, 0.2) is 0 Å². The molecule has 0 unspecified atom stereocenters. The largest absolute Gasteiger partial charge is 0.459 e. The summed E-state index contributed by atoms with van der Waals surface area (Å²) in [6, 6.07) is 8.25. The number of carbonyl (C=O) groups excluding carboxylic acids is 2. The molecule has 0 saturated carbocycles. The Morgan fingerprint density at radius 1 is 0.875 bits per heavy atom. The summed E-state index contributed by atoms with van der Waals surface area (Å²) in [5.41, 5.74) is 1.14. The van der Waals surface area contributed by atoms with Gasteiger partial charge < -0.3 is 23.8 Å². The van der Waals surface area contributed by atoms with E-state index in [9.17, 15) is 9.59 Å². The van der Waals surface area contributed by atoms with Crippen molar-refractivity contribution in [1.82, 2.24) is 9.47 Å². The van der Waals surface area contributed by atoms with Gasteiger partial charge >= 0.3 is 12.1 Å². The molecule has 1 saturated heterocycles. The lowest BCUT2D eigenvalue weighted by Crippen LogP contribution is -2.50. The first-order chi connectivity index (χ1) is 14.9. The molecule has 32 heavy (non-hydrogen) atoms. The first-order valence-corrected chi connectivity index (χ1v) is 11.4. The van der Waals surface area contributed by atoms with Crippen LogP contribution in [0, 0.1) is 0 Å². The number of aromatic nitrogens is 1. The number of carbonyl (C=O) groups is 2. The molecule has 1 aromatic heterocycles. The summed E-state index contributed by atoms with van der Waals surface area (Å²) in [4.78, 5) is 28.4. The minimum absolute atomic E-state index is 0.189. The molecule has 7 nitrogen and oxygen atoms in total. The Morgan fingerprint density at radius 2 is 1.47 bits per heavy atom. The van der Waals surface area contributed by atoms with Crippen LogP contribution in [0.3, 0.4) is 0 Å². The Labute approximate surface area is 192 Å². The number of piperazine rings is 1. The van der Waals surface area contributed by atoms with Crippen molar-refractivity contribution in [1.29, 1.82) is 0 Å². The highest BCUT2D eigenvalue weighted by molar-refractivity contribution is 5.85. The second-order valence-corrected chi connectivity index (χ2v) is 9.73. The number of ether oxygens (including phenoxy) is 2. The normalized spacial score (nSPS) is 14.6. The highest BCUT2D eigenvalue weighted by Gasteiger charge is 2.26. The van der Waals surface area contributed by atoms with E-state index in [0.29, 0.717) is 13.1 Å². The highest BCUT2D eigenvalue weighted by Crippen LogP contribution is 2.25. The van der Waals surface area contributed by atoms with Crippen LogP contribution in [0.5, 0.6) is 0 Å². The molecule has 2 heterocycles. The fraction of sp³-hybridized carbons (Fsp3) is 0.600. The number of amides is 1. The van der Waals surface area contributed by atoms with Crippen LogP contribution in [0.15, 0.2) is 30.5 Å². The lowest BCUT2D eigenvalue weighted by Gasteiger charge is -2.36. The minimum atomic E-state index is -0.491. The molecule has 1 amide bonds. The van der Waals surface area contributed by atoms with E-state index < -0.39 is 11.2 Å². The lowest BCUT2D eigenvalue weighted by atomic mass is 10.2. The number of benzene rings is 1. The molecule has 3 rings (SSSR count). The standard InChI is InChI=1S/C23H33N3O4.C2H6/c1-22(2,3)29-20(27)16-26-10-9-17-15-18(7-8-19(17)26)24-11-13-25(14-12-24)21(28)30-23(4,5)6;1-2/h7-10,15H,11-14,16H2,1-6H3;1-2H3. The average molecular weight is 446 g/mol. The summed E-state index contributed by atoms with van der Waals surface area (Å²) in [5, 5.41) is 1.07. The van der Waals surface area contributed by atoms with E-state index in [1.54, 1.807) is 4.90 Å². The van der Waals surface area contributed by atoms with Gasteiger partial charge in [-0.2, -0.15) is 0 Å². The summed E-state index contributed by atoms with van der Waals surface area (Å²) >= 11 is 0. The van der Waals surface area contributed by atoms with Crippen LogP contribution in [-0.4, -0.2) is 58.9 Å². The van der Waals surface area contributed by atoms with Crippen LogP contribution in [0.25, 0.3) is 10.9 Å². The van der Waals surface area contributed by atoms with Crippen molar-refractivity contribution in [2.75, 3.05) is 31.1 Å². The number of fused-ring (bicyclic) bond motifs is 1. The van der Waals surface area contributed by atoms with Crippen molar-refractivity contribution in [2.24, 2.45) is 0 Å². The van der Waals surface area contributed by atoms with Crippen LogP contribution >= 0.6 is 0 Å². The molecular weight excluding hydrogens is 406 g/mol. The molecule has 0 radical (unpaired) electrons. The maximum Gasteiger partial charge on any atom is 0.410 e. The van der Waals surface area contributed by atoms with Crippen molar-refractivity contribution in [2.45, 2.75) is 73.1 Å². The van der Waals surface area contributed by atoms with Crippen LogP contribution in [0.1, 0.15) is 55.4 Å². The van der Waals surface area contributed by atoms with Gasteiger partial charge in [-0.25, -0.2) is 4.79 Å². The molecule has 0 bridgehead atoms. The van der Waals surface area contributed by atoms with Gasteiger partial charge in [-0.05, 0) is 65.8 Å². The Bertz CT molecular complexity index is 913. The molecule has 1 aliphatic rings. The van der Waals surface area contributed by atoms with Gasteiger partial charge in [-0.15, -0.1) is 0 Å². The third-order valence-electron chi connectivity index (χ3n) is 4.77. The maximum absolute atomic E-state index is 12.3. The van der Waals surface area contributed by atoms with Crippen LogP contribution in [-0.2, 0) is 20.8 Å². The molecule has 7 heteroatoms. The number of hydrogen-bond donors (Lipinski definition) is 0. The van der Waals surface area contributed by atoms with Gasteiger partial charge in [0, 0.05) is 49.0 Å². The van der Waals surface area contributed by atoms with E-state index in [-0.39, 0.29) is 18.6 Å².